The SMILES string of the molecule is CCCNCC1CCN(C2CCC(CC)CC2)CC1. The summed E-state index contributed by atoms with van der Waals surface area (Å²) in [5.74, 6) is 1.97. The zero-order valence-electron chi connectivity index (χ0n) is 13.2. The molecule has 1 saturated heterocycles. The van der Waals surface area contributed by atoms with E-state index in [9.17, 15) is 0 Å². The van der Waals surface area contributed by atoms with Crippen LogP contribution in [0.5, 0.6) is 0 Å². The maximum absolute atomic E-state index is 3.59. The van der Waals surface area contributed by atoms with Gasteiger partial charge in [0.2, 0.25) is 0 Å². The summed E-state index contributed by atoms with van der Waals surface area (Å²) in [6.45, 7) is 9.79. The number of nitrogens with one attached hydrogen (secondary N) is 1. The number of likely N-dealkylation sites (tertiary alicyclic amines) is 1. The lowest BCUT2D eigenvalue weighted by Crippen LogP contribution is -2.44. The molecule has 2 aliphatic rings. The smallest absolute Gasteiger partial charge is 0.00954 e. The molecule has 0 atom stereocenters. The molecule has 0 aromatic carbocycles. The Morgan fingerprint density at radius 1 is 0.895 bits per heavy atom. The summed E-state index contributed by atoms with van der Waals surface area (Å²) in [5.41, 5.74) is 0. The van der Waals surface area contributed by atoms with Gasteiger partial charge in [0.05, 0.1) is 0 Å². The Morgan fingerprint density at radius 2 is 1.58 bits per heavy atom. The normalized spacial score (nSPS) is 30.6. The Balaban J connectivity index is 1.63. The summed E-state index contributed by atoms with van der Waals surface area (Å²) in [6.07, 6.45) is 11.4. The molecule has 0 unspecified atom stereocenters. The molecule has 1 aliphatic heterocycles. The highest BCUT2D eigenvalue weighted by molar-refractivity contribution is 4.83. The number of hydrogen-bond donors (Lipinski definition) is 1. The van der Waals surface area contributed by atoms with Gasteiger partial charge in [-0.15, -0.1) is 0 Å². The minimum absolute atomic E-state index is 0.923. The standard InChI is InChI=1S/C17H34N2/c1-3-11-18-14-16-9-12-19(13-10-16)17-7-5-15(4-2)6-8-17/h15-18H,3-14H2,1-2H3. The van der Waals surface area contributed by atoms with Gasteiger partial charge in [-0.3, -0.25) is 0 Å². The fraction of sp³-hybridized carbons (Fsp3) is 1.00. The third-order valence-electron chi connectivity index (χ3n) is 5.42. The average Bonchev–Trinajstić information content (AvgIpc) is 2.48. The zero-order valence-corrected chi connectivity index (χ0v) is 13.2. The van der Waals surface area contributed by atoms with Gasteiger partial charge in [0.25, 0.3) is 0 Å². The third kappa shape index (κ3) is 4.75. The highest BCUT2D eigenvalue weighted by Gasteiger charge is 2.28. The fourth-order valence-electron chi connectivity index (χ4n) is 3.92. The van der Waals surface area contributed by atoms with E-state index in [1.807, 2.05) is 0 Å². The molecule has 0 amide bonds. The van der Waals surface area contributed by atoms with Crippen molar-refractivity contribution >= 4 is 0 Å². The predicted molar refractivity (Wildman–Crippen MR) is 83.5 cm³/mol. The monoisotopic (exact) mass is 266 g/mol. The van der Waals surface area contributed by atoms with E-state index in [-0.39, 0.29) is 0 Å². The predicted octanol–water partition coefficient (Wildman–Crippen LogP) is 3.67. The van der Waals surface area contributed by atoms with Crippen LogP contribution >= 0.6 is 0 Å². The van der Waals surface area contributed by atoms with Gasteiger partial charge in [-0.05, 0) is 83.0 Å². The van der Waals surface area contributed by atoms with E-state index < -0.39 is 0 Å². The maximum atomic E-state index is 3.59. The highest BCUT2D eigenvalue weighted by Crippen LogP contribution is 2.31. The molecule has 1 heterocycles. The molecule has 0 spiro atoms. The molecule has 0 bridgehead atoms. The number of rotatable bonds is 6. The largest absolute Gasteiger partial charge is 0.316 e. The number of piperidine rings is 1. The summed E-state index contributed by atoms with van der Waals surface area (Å²) in [7, 11) is 0. The van der Waals surface area contributed by atoms with Crippen molar-refractivity contribution in [1.29, 1.82) is 0 Å². The van der Waals surface area contributed by atoms with E-state index in [1.165, 1.54) is 77.5 Å². The van der Waals surface area contributed by atoms with E-state index in [4.69, 9.17) is 0 Å². The van der Waals surface area contributed by atoms with E-state index >= 15 is 0 Å². The van der Waals surface area contributed by atoms with Crippen molar-refractivity contribution in [2.75, 3.05) is 26.2 Å². The lowest BCUT2D eigenvalue weighted by Gasteiger charge is -2.40. The van der Waals surface area contributed by atoms with Gasteiger partial charge in [0, 0.05) is 6.04 Å². The van der Waals surface area contributed by atoms with Crippen LogP contribution in [0.4, 0.5) is 0 Å². The Morgan fingerprint density at radius 3 is 2.16 bits per heavy atom. The van der Waals surface area contributed by atoms with Crippen molar-refractivity contribution in [1.82, 2.24) is 10.2 Å². The Hall–Kier alpha value is -0.0800. The molecule has 1 aliphatic carbocycles. The fourth-order valence-corrected chi connectivity index (χ4v) is 3.92. The topological polar surface area (TPSA) is 15.3 Å². The van der Waals surface area contributed by atoms with Crippen LogP contribution in [0, 0.1) is 11.8 Å². The molecule has 2 nitrogen and oxygen atoms in total. The van der Waals surface area contributed by atoms with Gasteiger partial charge < -0.3 is 10.2 Å². The summed E-state index contributed by atoms with van der Waals surface area (Å²) in [6, 6.07) is 0.923. The van der Waals surface area contributed by atoms with Crippen LogP contribution in [-0.2, 0) is 0 Å². The molecular formula is C17H34N2. The Bertz CT molecular complexity index is 225. The molecule has 2 fully saturated rings. The van der Waals surface area contributed by atoms with Gasteiger partial charge in [-0.2, -0.15) is 0 Å². The molecule has 0 radical (unpaired) electrons. The second-order valence-electron chi connectivity index (χ2n) is 6.77. The minimum Gasteiger partial charge on any atom is -0.316 e. The first kappa shape index (κ1) is 15.3. The summed E-state index contributed by atoms with van der Waals surface area (Å²) in [4.78, 5) is 2.81. The van der Waals surface area contributed by atoms with Crippen molar-refractivity contribution in [2.24, 2.45) is 11.8 Å². The molecule has 0 aromatic heterocycles. The first-order valence-corrected chi connectivity index (χ1v) is 8.78. The van der Waals surface area contributed by atoms with Gasteiger partial charge >= 0.3 is 0 Å². The Kier molecular flexibility index (Phi) is 6.66. The summed E-state index contributed by atoms with van der Waals surface area (Å²) < 4.78 is 0. The lowest BCUT2D eigenvalue weighted by atomic mass is 9.83. The maximum Gasteiger partial charge on any atom is 0.00954 e. The van der Waals surface area contributed by atoms with Gasteiger partial charge in [-0.1, -0.05) is 20.3 Å². The van der Waals surface area contributed by atoms with Crippen molar-refractivity contribution in [3.8, 4) is 0 Å². The number of hydrogen-bond acceptors (Lipinski definition) is 2. The van der Waals surface area contributed by atoms with Crippen LogP contribution in [0.1, 0.15) is 65.2 Å². The minimum atomic E-state index is 0.923. The van der Waals surface area contributed by atoms with Crippen LogP contribution in [0.3, 0.4) is 0 Å². The lowest BCUT2D eigenvalue weighted by molar-refractivity contribution is 0.0936. The second-order valence-corrected chi connectivity index (χ2v) is 6.77. The molecule has 2 heteroatoms. The number of nitrogens with zero attached hydrogens (tertiary/aromatic N) is 1. The molecule has 1 N–H and O–H groups in total. The molecule has 19 heavy (non-hydrogen) atoms. The van der Waals surface area contributed by atoms with E-state index in [1.54, 1.807) is 0 Å². The van der Waals surface area contributed by atoms with Crippen molar-refractivity contribution in [3.05, 3.63) is 0 Å². The van der Waals surface area contributed by atoms with Crippen molar-refractivity contribution < 1.29 is 0 Å². The van der Waals surface area contributed by atoms with Gasteiger partial charge in [-0.25, -0.2) is 0 Å². The summed E-state index contributed by atoms with van der Waals surface area (Å²) >= 11 is 0. The van der Waals surface area contributed by atoms with Crippen LogP contribution < -0.4 is 5.32 Å². The van der Waals surface area contributed by atoms with Crippen LogP contribution in [0.2, 0.25) is 0 Å². The zero-order chi connectivity index (χ0) is 13.5. The Labute approximate surface area is 120 Å². The van der Waals surface area contributed by atoms with Crippen LogP contribution in [0.25, 0.3) is 0 Å². The highest BCUT2D eigenvalue weighted by atomic mass is 15.2. The third-order valence-corrected chi connectivity index (χ3v) is 5.42. The quantitative estimate of drug-likeness (QED) is 0.738. The summed E-state index contributed by atoms with van der Waals surface area (Å²) in [5, 5.41) is 3.59. The molecular weight excluding hydrogens is 232 g/mol. The van der Waals surface area contributed by atoms with E-state index in [0.29, 0.717) is 0 Å². The molecule has 2 rings (SSSR count). The average molecular weight is 266 g/mol. The molecule has 0 aromatic rings. The first-order valence-electron chi connectivity index (χ1n) is 8.78. The van der Waals surface area contributed by atoms with Gasteiger partial charge in [0.1, 0.15) is 0 Å². The molecule has 112 valence electrons. The van der Waals surface area contributed by atoms with E-state index in [2.05, 4.69) is 24.1 Å². The first-order chi connectivity index (χ1) is 9.33. The second kappa shape index (κ2) is 8.26. The van der Waals surface area contributed by atoms with Crippen LogP contribution in [-0.4, -0.2) is 37.1 Å². The van der Waals surface area contributed by atoms with Crippen LogP contribution in [0.15, 0.2) is 0 Å². The van der Waals surface area contributed by atoms with Crippen molar-refractivity contribution in [3.63, 3.8) is 0 Å². The van der Waals surface area contributed by atoms with E-state index in [0.717, 1.165) is 17.9 Å². The van der Waals surface area contributed by atoms with Gasteiger partial charge in [0.15, 0.2) is 0 Å². The molecule has 1 saturated carbocycles. The van der Waals surface area contributed by atoms with Crippen molar-refractivity contribution in [2.45, 2.75) is 71.3 Å².